The fraction of sp³-hybridized carbons (Fsp3) is 0.500. The van der Waals surface area contributed by atoms with Crippen molar-refractivity contribution in [3.05, 3.63) is 29.3 Å². The maximum Gasteiger partial charge on any atom is 0.205 e. The molecule has 2 atom stereocenters. The van der Waals surface area contributed by atoms with Crippen molar-refractivity contribution < 1.29 is 14.2 Å². The van der Waals surface area contributed by atoms with Crippen LogP contribution in [0.1, 0.15) is 30.1 Å². The summed E-state index contributed by atoms with van der Waals surface area (Å²) in [7, 11) is -1.63. The molecule has 0 fully saturated rings. The minimum absolute atomic E-state index is 0.382. The molecule has 0 saturated carbocycles. The van der Waals surface area contributed by atoms with Crippen molar-refractivity contribution in [3.63, 3.8) is 0 Å². The largest absolute Gasteiger partial charge is 0.496 e. The van der Waals surface area contributed by atoms with E-state index < -0.39 is 13.0 Å². The average Bonchev–Trinajstić information content (AvgIpc) is 2.28. The zero-order valence-electron chi connectivity index (χ0n) is 10.3. The molecule has 5 heteroatoms. The predicted molar refractivity (Wildman–Crippen MR) is 71.3 cm³/mol. The van der Waals surface area contributed by atoms with Crippen LogP contribution in [-0.4, -0.2) is 18.7 Å². The van der Waals surface area contributed by atoms with Crippen LogP contribution in [0.15, 0.2) is 18.2 Å². The topological polar surface area (TPSA) is 46.5 Å². The second kappa shape index (κ2) is 5.90. The van der Waals surface area contributed by atoms with Crippen LogP contribution in [0.5, 0.6) is 5.75 Å². The van der Waals surface area contributed by atoms with Crippen molar-refractivity contribution in [2.75, 3.05) is 13.8 Å². The number of hydrogen-bond donors (Lipinski definition) is 1. The van der Waals surface area contributed by atoms with E-state index in [9.17, 15) is 9.46 Å². The molecule has 2 unspecified atom stereocenters. The van der Waals surface area contributed by atoms with Crippen LogP contribution < -0.4 is 4.74 Å². The second-order valence-electron chi connectivity index (χ2n) is 4.08. The fourth-order valence-electron chi connectivity index (χ4n) is 1.94. The first kappa shape index (κ1) is 14.6. The number of benzene rings is 1. The van der Waals surface area contributed by atoms with Gasteiger partial charge in [0, 0.05) is 18.1 Å². The molecule has 1 aromatic carbocycles. The highest BCUT2D eigenvalue weighted by Crippen LogP contribution is 2.56. The van der Waals surface area contributed by atoms with Crippen molar-refractivity contribution in [1.29, 1.82) is 0 Å². The molecule has 1 aromatic rings. The zero-order chi connectivity index (χ0) is 13.1. The number of methoxy groups -OCH3 is 1. The van der Waals surface area contributed by atoms with Crippen LogP contribution in [0.3, 0.4) is 0 Å². The highest BCUT2D eigenvalue weighted by Gasteiger charge is 2.28. The van der Waals surface area contributed by atoms with E-state index in [0.29, 0.717) is 18.1 Å². The maximum absolute atomic E-state index is 11.9. The highest BCUT2D eigenvalue weighted by atomic mass is 35.5. The van der Waals surface area contributed by atoms with Crippen molar-refractivity contribution in [1.82, 2.24) is 0 Å². The van der Waals surface area contributed by atoms with Crippen LogP contribution in [0.25, 0.3) is 0 Å². The summed E-state index contributed by atoms with van der Waals surface area (Å²) in [5.74, 6) is 1.02. The summed E-state index contributed by atoms with van der Waals surface area (Å²) in [5.41, 5.74) is 1.29. The van der Waals surface area contributed by atoms with E-state index in [1.807, 2.05) is 19.1 Å². The van der Waals surface area contributed by atoms with Gasteiger partial charge in [-0.25, -0.2) is 0 Å². The molecule has 96 valence electrons. The third-order valence-electron chi connectivity index (χ3n) is 2.77. The molecule has 0 bridgehead atoms. The first-order valence-electron chi connectivity index (χ1n) is 5.46. The lowest BCUT2D eigenvalue weighted by Crippen LogP contribution is -2.02. The van der Waals surface area contributed by atoms with Crippen LogP contribution >= 0.6 is 19.0 Å². The first-order valence-corrected chi connectivity index (χ1v) is 8.17. The summed E-state index contributed by atoms with van der Waals surface area (Å²) >= 11 is 5.78. The van der Waals surface area contributed by atoms with E-state index in [0.717, 1.165) is 11.1 Å². The summed E-state index contributed by atoms with van der Waals surface area (Å²) in [6.07, 6.45) is 0.590. The van der Waals surface area contributed by atoms with Crippen molar-refractivity contribution in [2.24, 2.45) is 0 Å². The van der Waals surface area contributed by atoms with E-state index in [2.05, 4.69) is 0 Å². The molecule has 0 aromatic heterocycles. The van der Waals surface area contributed by atoms with Gasteiger partial charge in [0.2, 0.25) is 7.37 Å². The quantitative estimate of drug-likeness (QED) is 0.657. The zero-order valence-corrected chi connectivity index (χ0v) is 12.0. The number of ether oxygens (including phenoxy) is 1. The monoisotopic (exact) mass is 276 g/mol. The third-order valence-corrected chi connectivity index (χ3v) is 4.88. The van der Waals surface area contributed by atoms with Gasteiger partial charge in [0.1, 0.15) is 5.75 Å². The molecule has 3 nitrogen and oxygen atoms in total. The van der Waals surface area contributed by atoms with Crippen LogP contribution in [0.2, 0.25) is 0 Å². The Kier molecular flexibility index (Phi) is 5.05. The lowest BCUT2D eigenvalue weighted by molar-refractivity contribution is 0.405. The van der Waals surface area contributed by atoms with Gasteiger partial charge in [0.15, 0.2) is 0 Å². The van der Waals surface area contributed by atoms with Gasteiger partial charge in [-0.2, -0.15) is 0 Å². The third kappa shape index (κ3) is 3.48. The van der Waals surface area contributed by atoms with Gasteiger partial charge in [-0.3, -0.25) is 4.57 Å². The number of rotatable bonds is 5. The Balaban J connectivity index is 3.30. The van der Waals surface area contributed by atoms with E-state index in [1.165, 1.54) is 6.66 Å². The van der Waals surface area contributed by atoms with Gasteiger partial charge in [-0.1, -0.05) is 19.1 Å². The molecule has 0 aliphatic heterocycles. The molecule has 0 aliphatic carbocycles. The Morgan fingerprint density at radius 3 is 2.59 bits per heavy atom. The molecular formula is C12H18ClO3P. The van der Waals surface area contributed by atoms with Crippen molar-refractivity contribution in [3.8, 4) is 5.75 Å². The summed E-state index contributed by atoms with van der Waals surface area (Å²) in [4.78, 5) is 9.78. The van der Waals surface area contributed by atoms with Crippen LogP contribution in [0, 0.1) is 0 Å². The Hall–Kier alpha value is -0.500. The molecule has 0 radical (unpaired) electrons. The first-order chi connectivity index (χ1) is 7.93. The molecule has 1 rings (SSSR count). The van der Waals surface area contributed by atoms with Crippen LogP contribution in [-0.2, 0) is 10.4 Å². The molecule has 17 heavy (non-hydrogen) atoms. The summed E-state index contributed by atoms with van der Waals surface area (Å²) in [6, 6.07) is 5.51. The number of halogens is 1. The summed E-state index contributed by atoms with van der Waals surface area (Å²) in [6.45, 7) is 3.28. The van der Waals surface area contributed by atoms with E-state index in [1.54, 1.807) is 13.2 Å². The average molecular weight is 277 g/mol. The molecule has 0 heterocycles. The minimum atomic E-state index is -3.19. The van der Waals surface area contributed by atoms with Crippen LogP contribution in [0.4, 0.5) is 0 Å². The fourth-order valence-corrected chi connectivity index (χ4v) is 3.51. The number of hydrogen-bond acceptors (Lipinski definition) is 2. The SMILES string of the molecule is CCC(c1cc(CCl)ccc1OC)P(C)(=O)O. The predicted octanol–water partition coefficient (Wildman–Crippen LogP) is 3.79. The Labute approximate surface area is 107 Å². The summed E-state index contributed by atoms with van der Waals surface area (Å²) in [5, 5.41) is 0. The van der Waals surface area contributed by atoms with Gasteiger partial charge in [-0.15, -0.1) is 11.6 Å². The molecular weight excluding hydrogens is 259 g/mol. The van der Waals surface area contributed by atoms with E-state index in [4.69, 9.17) is 16.3 Å². The minimum Gasteiger partial charge on any atom is -0.496 e. The lowest BCUT2D eigenvalue weighted by Gasteiger charge is -2.21. The smallest absolute Gasteiger partial charge is 0.205 e. The highest BCUT2D eigenvalue weighted by molar-refractivity contribution is 7.57. The molecule has 0 spiro atoms. The maximum atomic E-state index is 11.9. The number of alkyl halides is 1. The van der Waals surface area contributed by atoms with Crippen molar-refractivity contribution in [2.45, 2.75) is 24.9 Å². The Morgan fingerprint density at radius 1 is 1.53 bits per heavy atom. The van der Waals surface area contributed by atoms with E-state index in [-0.39, 0.29) is 0 Å². The molecule has 0 aliphatic rings. The van der Waals surface area contributed by atoms with Gasteiger partial charge in [0.25, 0.3) is 0 Å². The molecule has 0 saturated heterocycles. The lowest BCUT2D eigenvalue weighted by atomic mass is 10.1. The standard InChI is InChI=1S/C12H18ClO3P/c1-4-12(17(3,14)15)10-7-9(8-13)5-6-11(10)16-2/h5-7,12H,4,8H2,1-3H3,(H,14,15). The van der Waals surface area contributed by atoms with Gasteiger partial charge in [-0.05, 0) is 18.1 Å². The van der Waals surface area contributed by atoms with Gasteiger partial charge >= 0.3 is 0 Å². The normalized spacial score (nSPS) is 16.3. The van der Waals surface area contributed by atoms with Gasteiger partial charge in [0.05, 0.1) is 12.8 Å². The Bertz CT molecular complexity index is 428. The second-order valence-corrected chi connectivity index (χ2v) is 6.85. The van der Waals surface area contributed by atoms with E-state index >= 15 is 0 Å². The summed E-state index contributed by atoms with van der Waals surface area (Å²) < 4.78 is 17.1. The van der Waals surface area contributed by atoms with Crippen molar-refractivity contribution >= 4 is 19.0 Å². The molecule has 1 N–H and O–H groups in total. The Morgan fingerprint density at radius 2 is 2.18 bits per heavy atom. The molecule has 0 amide bonds. The van der Waals surface area contributed by atoms with Gasteiger partial charge < -0.3 is 9.63 Å².